The van der Waals surface area contributed by atoms with Gasteiger partial charge in [0, 0.05) is 12.3 Å². The van der Waals surface area contributed by atoms with E-state index in [1.54, 1.807) is 15.6 Å². The van der Waals surface area contributed by atoms with E-state index in [-0.39, 0.29) is 5.56 Å². The Morgan fingerprint density at radius 2 is 1.78 bits per heavy atom. The normalized spacial score (nSPS) is 11.7. The molecule has 162 valence electrons. The number of aromatic nitrogens is 7. The molecular weight excluding hydrogens is 422 g/mol. The molecule has 0 N–H and O–H groups in total. The molecule has 9 heteroatoms. The second-order valence-corrected chi connectivity index (χ2v) is 8.97. The van der Waals surface area contributed by atoms with Crippen LogP contribution in [0.3, 0.4) is 0 Å². The molecule has 0 spiro atoms. The lowest BCUT2D eigenvalue weighted by atomic mass is 10.1. The predicted octanol–water partition coefficient (Wildman–Crippen LogP) is 3.96. The smallest absolute Gasteiger partial charge is 0.262 e. The maximum atomic E-state index is 13.1. The van der Waals surface area contributed by atoms with E-state index in [1.807, 2.05) is 59.0 Å². The van der Waals surface area contributed by atoms with Crippen LogP contribution in [0.1, 0.15) is 26.0 Å². The molecule has 2 aromatic carbocycles. The standard InChI is InChI=1S/C23H23N7OS/c1-16(2)12-13-28-21(31)19-10-6-7-11-20(19)29-22(28)25-26-23(29)32-15-17-14-24-30(27-17)18-8-4-3-5-9-18/h3-11,14,16H,12-13,15H2,1-2H3. The fraction of sp³-hybridized carbons (Fsp3) is 0.261. The van der Waals surface area contributed by atoms with Crippen LogP contribution in [0.5, 0.6) is 0 Å². The number of rotatable bonds is 7. The topological polar surface area (TPSA) is 82.9 Å². The van der Waals surface area contributed by atoms with Gasteiger partial charge >= 0.3 is 0 Å². The van der Waals surface area contributed by atoms with Crippen molar-refractivity contribution in [1.29, 1.82) is 0 Å². The Morgan fingerprint density at radius 1 is 1.00 bits per heavy atom. The Balaban J connectivity index is 1.50. The summed E-state index contributed by atoms with van der Waals surface area (Å²) >= 11 is 1.53. The van der Waals surface area contributed by atoms with Gasteiger partial charge in [0.15, 0.2) is 5.16 Å². The highest BCUT2D eigenvalue weighted by molar-refractivity contribution is 7.98. The van der Waals surface area contributed by atoms with Crippen molar-refractivity contribution in [3.63, 3.8) is 0 Å². The highest BCUT2D eigenvalue weighted by Gasteiger charge is 2.17. The van der Waals surface area contributed by atoms with Crippen LogP contribution in [0.2, 0.25) is 0 Å². The third-order valence-corrected chi connectivity index (χ3v) is 6.25. The Kier molecular flexibility index (Phi) is 5.48. The predicted molar refractivity (Wildman–Crippen MR) is 125 cm³/mol. The van der Waals surface area contributed by atoms with Gasteiger partial charge < -0.3 is 0 Å². The van der Waals surface area contributed by atoms with Gasteiger partial charge in [-0.3, -0.25) is 13.8 Å². The first-order valence-corrected chi connectivity index (χ1v) is 11.6. The second kappa shape index (κ2) is 8.58. The number of hydrogen-bond donors (Lipinski definition) is 0. The maximum absolute atomic E-state index is 13.1. The third-order valence-electron chi connectivity index (χ3n) is 5.28. The van der Waals surface area contributed by atoms with Crippen molar-refractivity contribution in [1.82, 2.24) is 34.2 Å². The molecule has 0 aliphatic rings. The van der Waals surface area contributed by atoms with Crippen LogP contribution >= 0.6 is 11.8 Å². The maximum Gasteiger partial charge on any atom is 0.262 e. The zero-order chi connectivity index (χ0) is 22.1. The third kappa shape index (κ3) is 3.80. The Morgan fingerprint density at radius 3 is 2.59 bits per heavy atom. The van der Waals surface area contributed by atoms with Crippen LogP contribution in [0.25, 0.3) is 22.4 Å². The molecular formula is C23H23N7OS. The molecule has 0 atom stereocenters. The summed E-state index contributed by atoms with van der Waals surface area (Å²) in [5.74, 6) is 1.65. The largest absolute Gasteiger partial charge is 0.276 e. The van der Waals surface area contributed by atoms with E-state index in [1.165, 1.54) is 11.8 Å². The molecule has 0 saturated carbocycles. The molecule has 0 bridgehead atoms. The van der Waals surface area contributed by atoms with Crippen LogP contribution < -0.4 is 5.56 Å². The highest BCUT2D eigenvalue weighted by atomic mass is 32.2. The van der Waals surface area contributed by atoms with Gasteiger partial charge in [-0.05, 0) is 36.6 Å². The van der Waals surface area contributed by atoms with Crippen LogP contribution in [-0.4, -0.2) is 34.2 Å². The van der Waals surface area contributed by atoms with E-state index in [4.69, 9.17) is 0 Å². The Labute approximate surface area is 188 Å². The number of para-hydroxylation sites is 2. The lowest BCUT2D eigenvalue weighted by molar-refractivity contribution is 0.512. The van der Waals surface area contributed by atoms with E-state index in [9.17, 15) is 4.79 Å². The minimum atomic E-state index is -0.0245. The summed E-state index contributed by atoms with van der Waals surface area (Å²) in [7, 11) is 0. The van der Waals surface area contributed by atoms with Gasteiger partial charge in [0.05, 0.1) is 28.5 Å². The van der Waals surface area contributed by atoms with Gasteiger partial charge in [-0.1, -0.05) is 55.9 Å². The fourth-order valence-corrected chi connectivity index (χ4v) is 4.42. The van der Waals surface area contributed by atoms with Gasteiger partial charge in [-0.2, -0.15) is 15.0 Å². The van der Waals surface area contributed by atoms with Crippen LogP contribution in [0.15, 0.2) is 70.7 Å². The van der Waals surface area contributed by atoms with Crippen molar-refractivity contribution in [2.75, 3.05) is 0 Å². The Bertz CT molecular complexity index is 1440. The quantitative estimate of drug-likeness (QED) is 0.353. The molecule has 0 saturated heterocycles. The summed E-state index contributed by atoms with van der Waals surface area (Å²) in [4.78, 5) is 14.8. The summed E-state index contributed by atoms with van der Waals surface area (Å²) in [5.41, 5.74) is 2.54. The van der Waals surface area contributed by atoms with Crippen molar-refractivity contribution in [3.05, 3.63) is 76.8 Å². The van der Waals surface area contributed by atoms with Crippen LogP contribution in [-0.2, 0) is 12.3 Å². The molecule has 8 nitrogen and oxygen atoms in total. The van der Waals surface area contributed by atoms with E-state index < -0.39 is 0 Å². The highest BCUT2D eigenvalue weighted by Crippen LogP contribution is 2.24. The number of fused-ring (bicyclic) bond motifs is 3. The van der Waals surface area contributed by atoms with Crippen molar-refractivity contribution < 1.29 is 0 Å². The molecule has 5 rings (SSSR count). The molecule has 32 heavy (non-hydrogen) atoms. The number of nitrogens with zero attached hydrogens (tertiary/aromatic N) is 7. The summed E-state index contributed by atoms with van der Waals surface area (Å²) in [6, 6.07) is 17.4. The first-order valence-electron chi connectivity index (χ1n) is 10.6. The first-order chi connectivity index (χ1) is 15.6. The lowest BCUT2D eigenvalue weighted by Crippen LogP contribution is -2.24. The van der Waals surface area contributed by atoms with Gasteiger partial charge in [-0.25, -0.2) is 0 Å². The fourth-order valence-electron chi connectivity index (χ4n) is 3.60. The van der Waals surface area contributed by atoms with Gasteiger partial charge in [0.2, 0.25) is 5.78 Å². The van der Waals surface area contributed by atoms with Crippen LogP contribution in [0.4, 0.5) is 0 Å². The zero-order valence-corrected chi connectivity index (χ0v) is 18.7. The minimum absolute atomic E-state index is 0.0245. The second-order valence-electron chi connectivity index (χ2n) is 8.02. The lowest BCUT2D eigenvalue weighted by Gasteiger charge is -2.12. The number of thioether (sulfide) groups is 1. The van der Waals surface area contributed by atoms with Crippen molar-refractivity contribution in [2.45, 2.75) is 37.7 Å². The monoisotopic (exact) mass is 445 g/mol. The summed E-state index contributed by atoms with van der Waals surface area (Å²) in [5, 5.41) is 19.1. The van der Waals surface area contributed by atoms with Crippen molar-refractivity contribution in [2.24, 2.45) is 5.92 Å². The molecule has 0 aliphatic heterocycles. The van der Waals surface area contributed by atoms with Crippen molar-refractivity contribution >= 4 is 28.4 Å². The average molecular weight is 446 g/mol. The van der Waals surface area contributed by atoms with Crippen LogP contribution in [0, 0.1) is 5.92 Å². The molecule has 3 aromatic heterocycles. The number of benzene rings is 2. The molecule has 0 radical (unpaired) electrons. The number of hydrogen-bond acceptors (Lipinski definition) is 6. The molecule has 0 amide bonds. The molecule has 0 fully saturated rings. The van der Waals surface area contributed by atoms with Gasteiger partial charge in [0.1, 0.15) is 0 Å². The molecule has 0 aliphatic carbocycles. The van der Waals surface area contributed by atoms with E-state index in [2.05, 4.69) is 34.2 Å². The van der Waals surface area contributed by atoms with E-state index in [0.29, 0.717) is 29.4 Å². The summed E-state index contributed by atoms with van der Waals surface area (Å²) in [6.07, 6.45) is 2.66. The summed E-state index contributed by atoms with van der Waals surface area (Å²) in [6.45, 7) is 4.91. The molecule has 3 heterocycles. The Hall–Kier alpha value is -3.46. The first kappa shape index (κ1) is 20.4. The van der Waals surface area contributed by atoms with Crippen molar-refractivity contribution in [3.8, 4) is 5.69 Å². The molecule has 0 unspecified atom stereocenters. The SMILES string of the molecule is CC(C)CCn1c(=O)c2ccccc2n2c(SCc3cnn(-c4ccccc4)n3)nnc12. The number of aryl methyl sites for hydroxylation is 1. The minimum Gasteiger partial charge on any atom is -0.276 e. The van der Waals surface area contributed by atoms with E-state index >= 15 is 0 Å². The van der Waals surface area contributed by atoms with E-state index in [0.717, 1.165) is 28.5 Å². The van der Waals surface area contributed by atoms with Gasteiger partial charge in [0.25, 0.3) is 5.56 Å². The average Bonchev–Trinajstić information content (AvgIpc) is 3.45. The zero-order valence-electron chi connectivity index (χ0n) is 17.9. The molecule has 5 aromatic rings. The summed E-state index contributed by atoms with van der Waals surface area (Å²) < 4.78 is 3.72. The van der Waals surface area contributed by atoms with Gasteiger partial charge in [-0.15, -0.1) is 10.2 Å².